The van der Waals surface area contributed by atoms with Crippen molar-refractivity contribution in [2.24, 2.45) is 0 Å². The molecule has 1 N–H and O–H groups in total. The second-order valence-electron chi connectivity index (χ2n) is 5.90. The number of allylic oxidation sites excluding steroid dienone is 1. The van der Waals surface area contributed by atoms with Crippen LogP contribution in [-0.4, -0.2) is 24.0 Å². The Hall–Kier alpha value is -1.32. The first-order valence-electron chi connectivity index (χ1n) is 8.56. The van der Waals surface area contributed by atoms with Gasteiger partial charge in [0.15, 0.2) is 0 Å². The maximum absolute atomic E-state index is 11.1. The monoisotopic (exact) mass is 311 g/mol. The number of amides is 1. The van der Waals surface area contributed by atoms with Crippen LogP contribution in [0.1, 0.15) is 79.1 Å². The molecule has 0 radical (unpaired) electrons. The molecule has 4 nitrogen and oxygen atoms in total. The van der Waals surface area contributed by atoms with Crippen LogP contribution in [0, 0.1) is 0 Å². The van der Waals surface area contributed by atoms with Crippen LogP contribution < -0.4 is 5.32 Å². The summed E-state index contributed by atoms with van der Waals surface area (Å²) in [6.45, 7) is 6.95. The third-order valence-corrected chi connectivity index (χ3v) is 3.57. The molecule has 0 aromatic rings. The second-order valence-corrected chi connectivity index (χ2v) is 5.90. The standard InChI is InChI=1S/C18H33NO3/c1-5-6-7-8-9-10-11-12-13-14-18(22-17(4)21)15(2)19-16(3)20/h12-13,15,18H,5-11,14H2,1-4H3,(H,19,20)/b13-12-/t15-,18+/m0/s1. The predicted molar refractivity (Wildman–Crippen MR) is 90.6 cm³/mol. The van der Waals surface area contributed by atoms with Gasteiger partial charge < -0.3 is 10.1 Å². The van der Waals surface area contributed by atoms with Crippen molar-refractivity contribution in [3.8, 4) is 0 Å². The highest BCUT2D eigenvalue weighted by Crippen LogP contribution is 2.10. The highest BCUT2D eigenvalue weighted by Gasteiger charge is 2.19. The van der Waals surface area contributed by atoms with E-state index in [1.54, 1.807) is 0 Å². The van der Waals surface area contributed by atoms with Gasteiger partial charge in [-0.3, -0.25) is 9.59 Å². The first-order valence-corrected chi connectivity index (χ1v) is 8.56. The van der Waals surface area contributed by atoms with E-state index in [9.17, 15) is 9.59 Å². The van der Waals surface area contributed by atoms with E-state index in [2.05, 4.69) is 24.4 Å². The molecule has 0 aliphatic rings. The Morgan fingerprint density at radius 1 is 1.05 bits per heavy atom. The van der Waals surface area contributed by atoms with Crippen LogP contribution in [0.2, 0.25) is 0 Å². The van der Waals surface area contributed by atoms with Gasteiger partial charge in [0.25, 0.3) is 0 Å². The summed E-state index contributed by atoms with van der Waals surface area (Å²) in [4.78, 5) is 22.2. The fraction of sp³-hybridized carbons (Fsp3) is 0.778. The number of ether oxygens (including phenoxy) is 1. The van der Waals surface area contributed by atoms with Gasteiger partial charge in [0.05, 0.1) is 6.04 Å². The van der Waals surface area contributed by atoms with Crippen LogP contribution in [0.25, 0.3) is 0 Å². The lowest BCUT2D eigenvalue weighted by molar-refractivity contribution is -0.148. The number of hydrogen-bond acceptors (Lipinski definition) is 3. The molecular weight excluding hydrogens is 278 g/mol. The van der Waals surface area contributed by atoms with E-state index in [0.29, 0.717) is 6.42 Å². The van der Waals surface area contributed by atoms with E-state index in [1.165, 1.54) is 52.4 Å². The van der Waals surface area contributed by atoms with Gasteiger partial charge in [0.1, 0.15) is 6.10 Å². The van der Waals surface area contributed by atoms with E-state index in [1.807, 2.05) is 6.92 Å². The number of rotatable bonds is 12. The molecular formula is C18H33NO3. The Balaban J connectivity index is 3.98. The van der Waals surface area contributed by atoms with Gasteiger partial charge in [-0.25, -0.2) is 0 Å². The van der Waals surface area contributed by atoms with Crippen molar-refractivity contribution in [1.82, 2.24) is 5.32 Å². The van der Waals surface area contributed by atoms with E-state index in [0.717, 1.165) is 6.42 Å². The molecule has 128 valence electrons. The fourth-order valence-electron chi connectivity index (χ4n) is 2.37. The van der Waals surface area contributed by atoms with Crippen molar-refractivity contribution in [2.45, 2.75) is 91.2 Å². The van der Waals surface area contributed by atoms with E-state index >= 15 is 0 Å². The Morgan fingerprint density at radius 2 is 1.68 bits per heavy atom. The molecule has 0 spiro atoms. The molecule has 0 aromatic carbocycles. The van der Waals surface area contributed by atoms with Crippen molar-refractivity contribution in [1.29, 1.82) is 0 Å². The maximum atomic E-state index is 11.1. The van der Waals surface area contributed by atoms with Crippen LogP contribution in [0.4, 0.5) is 0 Å². The first-order chi connectivity index (χ1) is 10.5. The average Bonchev–Trinajstić information content (AvgIpc) is 2.43. The minimum atomic E-state index is -0.313. The predicted octanol–water partition coefficient (Wildman–Crippen LogP) is 4.14. The number of carbonyl (C=O) groups excluding carboxylic acids is 2. The Labute approximate surface area is 135 Å². The lowest BCUT2D eigenvalue weighted by atomic mass is 10.1. The fourth-order valence-corrected chi connectivity index (χ4v) is 2.37. The van der Waals surface area contributed by atoms with E-state index in [-0.39, 0.29) is 24.0 Å². The quantitative estimate of drug-likeness (QED) is 0.335. The summed E-state index contributed by atoms with van der Waals surface area (Å²) in [7, 11) is 0. The minimum absolute atomic E-state index is 0.110. The zero-order chi connectivity index (χ0) is 16.8. The molecule has 0 rings (SSSR count). The van der Waals surface area contributed by atoms with Gasteiger partial charge in [0, 0.05) is 20.3 Å². The van der Waals surface area contributed by atoms with Crippen LogP contribution in [0.15, 0.2) is 12.2 Å². The lowest BCUT2D eigenvalue weighted by Gasteiger charge is -2.23. The molecule has 0 unspecified atom stereocenters. The SMILES string of the molecule is CCCCCCCC/C=C\C[C@@H](OC(C)=O)[C@H](C)NC(C)=O. The van der Waals surface area contributed by atoms with Gasteiger partial charge in [-0.05, 0) is 19.8 Å². The molecule has 0 saturated carbocycles. The van der Waals surface area contributed by atoms with Gasteiger partial charge in [0.2, 0.25) is 5.91 Å². The molecule has 0 fully saturated rings. The molecule has 0 saturated heterocycles. The highest BCUT2D eigenvalue weighted by atomic mass is 16.5. The molecule has 4 heteroatoms. The third-order valence-electron chi connectivity index (χ3n) is 3.57. The summed E-state index contributed by atoms with van der Waals surface area (Å²) in [5.41, 5.74) is 0. The summed E-state index contributed by atoms with van der Waals surface area (Å²) in [6.07, 6.45) is 13.4. The van der Waals surface area contributed by atoms with Crippen molar-refractivity contribution in [3.05, 3.63) is 12.2 Å². The van der Waals surface area contributed by atoms with Gasteiger partial charge in [-0.1, -0.05) is 51.2 Å². The summed E-state index contributed by atoms with van der Waals surface area (Å²) in [5.74, 6) is -0.424. The summed E-state index contributed by atoms with van der Waals surface area (Å²) in [5, 5.41) is 2.78. The molecule has 0 aliphatic carbocycles. The van der Waals surface area contributed by atoms with Gasteiger partial charge in [-0.15, -0.1) is 0 Å². The smallest absolute Gasteiger partial charge is 0.302 e. The van der Waals surface area contributed by atoms with Crippen LogP contribution >= 0.6 is 0 Å². The average molecular weight is 311 g/mol. The Kier molecular flexibility index (Phi) is 12.5. The minimum Gasteiger partial charge on any atom is -0.460 e. The number of carbonyl (C=O) groups is 2. The maximum Gasteiger partial charge on any atom is 0.302 e. The number of unbranched alkanes of at least 4 members (excludes halogenated alkanes) is 6. The lowest BCUT2D eigenvalue weighted by Crippen LogP contribution is -2.41. The molecule has 0 heterocycles. The Morgan fingerprint density at radius 3 is 2.27 bits per heavy atom. The zero-order valence-electron chi connectivity index (χ0n) is 14.7. The molecule has 1 amide bonds. The van der Waals surface area contributed by atoms with Crippen molar-refractivity contribution in [2.75, 3.05) is 0 Å². The van der Waals surface area contributed by atoms with Gasteiger partial charge in [-0.2, -0.15) is 0 Å². The Bertz CT molecular complexity index is 339. The number of hydrogen-bond donors (Lipinski definition) is 1. The molecule has 22 heavy (non-hydrogen) atoms. The summed E-state index contributed by atoms with van der Waals surface area (Å²) in [6, 6.07) is -0.180. The van der Waals surface area contributed by atoms with Crippen molar-refractivity contribution >= 4 is 11.9 Å². The van der Waals surface area contributed by atoms with Crippen LogP contribution in [0.3, 0.4) is 0 Å². The van der Waals surface area contributed by atoms with Crippen molar-refractivity contribution in [3.63, 3.8) is 0 Å². The first kappa shape index (κ1) is 20.7. The normalized spacial score (nSPS) is 13.8. The molecule has 0 aromatic heterocycles. The van der Waals surface area contributed by atoms with Crippen LogP contribution in [-0.2, 0) is 14.3 Å². The largest absolute Gasteiger partial charge is 0.460 e. The highest BCUT2D eigenvalue weighted by molar-refractivity contribution is 5.73. The van der Waals surface area contributed by atoms with E-state index in [4.69, 9.17) is 4.74 Å². The topological polar surface area (TPSA) is 55.4 Å². The molecule has 0 aliphatic heterocycles. The molecule has 0 bridgehead atoms. The number of nitrogens with one attached hydrogen (secondary N) is 1. The zero-order valence-corrected chi connectivity index (χ0v) is 14.7. The van der Waals surface area contributed by atoms with E-state index < -0.39 is 0 Å². The molecule has 2 atom stereocenters. The van der Waals surface area contributed by atoms with Crippen molar-refractivity contribution < 1.29 is 14.3 Å². The number of esters is 1. The summed E-state index contributed by atoms with van der Waals surface area (Å²) >= 11 is 0. The third kappa shape index (κ3) is 12.4. The summed E-state index contributed by atoms with van der Waals surface area (Å²) < 4.78 is 5.28. The van der Waals surface area contributed by atoms with Crippen LogP contribution in [0.5, 0.6) is 0 Å². The second kappa shape index (κ2) is 13.4. The van der Waals surface area contributed by atoms with Gasteiger partial charge >= 0.3 is 5.97 Å².